The number of aliphatic hydroxyl groups is 1. The maximum atomic E-state index is 10.8. The normalized spacial score (nSPS) is 11.3. The molecule has 0 heterocycles. The molecule has 0 aliphatic carbocycles. The maximum Gasteiger partial charge on any atom is 0.185 e. The number of aliphatic hydroxyl groups excluding tert-OH is 1. The van der Waals surface area contributed by atoms with Crippen molar-refractivity contribution in [2.24, 2.45) is 0 Å². The molecule has 0 atom stereocenters. The van der Waals surface area contributed by atoms with Gasteiger partial charge in [-0.3, -0.25) is 4.79 Å². The minimum Gasteiger partial charge on any atom is -0.394 e. The quantitative estimate of drug-likeness (QED) is 0.163. The molecule has 0 unspecified atom stereocenters. The van der Waals surface area contributed by atoms with Crippen molar-refractivity contribution < 1.29 is 38.3 Å². The molecule has 33 heavy (non-hydrogen) atoms. The van der Waals surface area contributed by atoms with Gasteiger partial charge < -0.3 is 33.5 Å². The second-order valence-corrected chi connectivity index (χ2v) is 8.84. The number of hydrogen-bond acceptors (Lipinski definition) is 9. The number of rotatable bonds is 28. The first kappa shape index (κ1) is 32.7. The van der Waals surface area contributed by atoms with Crippen LogP contribution in [0.25, 0.3) is 0 Å². The summed E-state index contributed by atoms with van der Waals surface area (Å²) < 4.78 is 32.3. The van der Waals surface area contributed by atoms with Crippen LogP contribution in [-0.4, -0.2) is 102 Å². The SMILES string of the molecule is CC(=O)SCCCCCCCCCCOCCOCCOCCOCCOCCOCCO. The van der Waals surface area contributed by atoms with Crippen molar-refractivity contribution in [2.75, 3.05) is 91.6 Å². The molecule has 0 rings (SSSR count). The van der Waals surface area contributed by atoms with Gasteiger partial charge in [0.25, 0.3) is 0 Å². The van der Waals surface area contributed by atoms with E-state index in [1.807, 2.05) is 0 Å². The average molecular weight is 497 g/mol. The molecular weight excluding hydrogens is 448 g/mol. The Bertz CT molecular complexity index is 387. The van der Waals surface area contributed by atoms with E-state index in [2.05, 4.69) is 0 Å². The smallest absolute Gasteiger partial charge is 0.185 e. The third-order valence-electron chi connectivity index (χ3n) is 4.58. The Morgan fingerprint density at radius 3 is 1.24 bits per heavy atom. The number of hydrogen-bond donors (Lipinski definition) is 1. The van der Waals surface area contributed by atoms with Crippen LogP contribution in [0.2, 0.25) is 0 Å². The summed E-state index contributed by atoms with van der Waals surface area (Å²) in [5.41, 5.74) is 0. The number of carbonyl (C=O) groups is 1. The van der Waals surface area contributed by atoms with Gasteiger partial charge >= 0.3 is 0 Å². The Labute approximate surface area is 205 Å². The van der Waals surface area contributed by atoms with Gasteiger partial charge in [-0.1, -0.05) is 50.3 Å². The van der Waals surface area contributed by atoms with Crippen LogP contribution in [0, 0.1) is 0 Å². The predicted molar refractivity (Wildman–Crippen MR) is 132 cm³/mol. The Morgan fingerprint density at radius 2 is 0.848 bits per heavy atom. The number of ether oxygens (including phenoxy) is 6. The topological polar surface area (TPSA) is 92.7 Å². The van der Waals surface area contributed by atoms with Gasteiger partial charge in [-0.15, -0.1) is 0 Å². The molecule has 9 heteroatoms. The Morgan fingerprint density at radius 1 is 0.515 bits per heavy atom. The minimum absolute atomic E-state index is 0.0368. The molecule has 0 fully saturated rings. The summed E-state index contributed by atoms with van der Waals surface area (Å²) in [6.07, 6.45) is 9.87. The third kappa shape index (κ3) is 31.7. The third-order valence-corrected chi connectivity index (χ3v) is 5.48. The number of thioether (sulfide) groups is 1. The monoisotopic (exact) mass is 496 g/mol. The summed E-state index contributed by atoms with van der Waals surface area (Å²) in [5, 5.41) is 8.78. The van der Waals surface area contributed by atoms with E-state index >= 15 is 0 Å². The summed E-state index contributed by atoms with van der Waals surface area (Å²) in [7, 11) is 0. The Kier molecular flexibility index (Phi) is 29.5. The standard InChI is InChI=1S/C24H48O8S/c1-24(26)33-23-9-7-5-3-2-4-6-8-11-27-13-15-29-17-19-31-21-22-32-20-18-30-16-14-28-12-10-25/h25H,2-23H2,1H3. The van der Waals surface area contributed by atoms with Crippen molar-refractivity contribution >= 4 is 16.9 Å². The molecule has 198 valence electrons. The van der Waals surface area contributed by atoms with Crippen LogP contribution in [-0.2, 0) is 33.2 Å². The summed E-state index contributed by atoms with van der Waals surface area (Å²) in [5.74, 6) is 0.972. The first-order valence-electron chi connectivity index (χ1n) is 12.5. The lowest BCUT2D eigenvalue weighted by atomic mass is 10.1. The summed E-state index contributed by atoms with van der Waals surface area (Å²) in [4.78, 5) is 10.8. The van der Waals surface area contributed by atoms with Crippen LogP contribution >= 0.6 is 11.8 Å². The van der Waals surface area contributed by atoms with E-state index < -0.39 is 0 Å². The minimum atomic E-state index is 0.0368. The molecule has 0 saturated carbocycles. The van der Waals surface area contributed by atoms with Crippen LogP contribution in [0.1, 0.15) is 58.3 Å². The van der Waals surface area contributed by atoms with Gasteiger partial charge in [0, 0.05) is 19.3 Å². The molecule has 0 saturated heterocycles. The van der Waals surface area contributed by atoms with Gasteiger partial charge in [0.15, 0.2) is 5.12 Å². The zero-order valence-corrected chi connectivity index (χ0v) is 21.6. The molecule has 1 N–H and O–H groups in total. The van der Waals surface area contributed by atoms with E-state index in [1.165, 1.54) is 50.3 Å². The zero-order valence-electron chi connectivity index (χ0n) is 20.8. The van der Waals surface area contributed by atoms with Gasteiger partial charge in [0.2, 0.25) is 0 Å². The summed E-state index contributed by atoms with van der Waals surface area (Å²) >= 11 is 1.44. The Hall–Kier alpha value is -0.260. The molecule has 0 aromatic rings. The fraction of sp³-hybridized carbons (Fsp3) is 0.958. The van der Waals surface area contributed by atoms with Crippen LogP contribution in [0.4, 0.5) is 0 Å². The largest absolute Gasteiger partial charge is 0.394 e. The highest BCUT2D eigenvalue weighted by Gasteiger charge is 1.97. The lowest BCUT2D eigenvalue weighted by Gasteiger charge is -2.08. The first-order valence-corrected chi connectivity index (χ1v) is 13.5. The first-order chi connectivity index (χ1) is 16.3. The van der Waals surface area contributed by atoms with Crippen molar-refractivity contribution in [2.45, 2.75) is 58.3 Å². The van der Waals surface area contributed by atoms with Gasteiger partial charge in [0.1, 0.15) is 0 Å². The molecule has 0 aromatic carbocycles. The maximum absolute atomic E-state index is 10.8. The van der Waals surface area contributed by atoms with Crippen LogP contribution in [0.5, 0.6) is 0 Å². The van der Waals surface area contributed by atoms with E-state index in [0.717, 1.165) is 25.2 Å². The molecule has 0 radical (unpaired) electrons. The molecular formula is C24H48O8S. The van der Waals surface area contributed by atoms with Gasteiger partial charge in [0.05, 0.1) is 79.3 Å². The lowest BCUT2D eigenvalue weighted by molar-refractivity contribution is -0.109. The average Bonchev–Trinajstić information content (AvgIpc) is 2.80. The summed E-state index contributed by atoms with van der Waals surface area (Å²) in [6, 6.07) is 0. The van der Waals surface area contributed by atoms with E-state index in [0.29, 0.717) is 72.7 Å². The summed E-state index contributed by atoms with van der Waals surface area (Å²) in [6.45, 7) is 8.29. The Balaban J connectivity index is 3.01. The van der Waals surface area contributed by atoms with Gasteiger partial charge in [-0.05, 0) is 12.8 Å². The lowest BCUT2D eigenvalue weighted by Crippen LogP contribution is -2.14. The molecule has 0 aliphatic heterocycles. The van der Waals surface area contributed by atoms with Crippen molar-refractivity contribution in [3.8, 4) is 0 Å². The second kappa shape index (κ2) is 29.8. The highest BCUT2D eigenvalue weighted by atomic mass is 32.2. The van der Waals surface area contributed by atoms with E-state index in [9.17, 15) is 4.79 Å². The molecule has 0 amide bonds. The van der Waals surface area contributed by atoms with Gasteiger partial charge in [-0.2, -0.15) is 0 Å². The predicted octanol–water partition coefficient (Wildman–Crippen LogP) is 3.48. The van der Waals surface area contributed by atoms with Crippen LogP contribution in [0.3, 0.4) is 0 Å². The molecule has 0 aliphatic rings. The fourth-order valence-electron chi connectivity index (χ4n) is 2.85. The molecule has 0 spiro atoms. The van der Waals surface area contributed by atoms with Crippen molar-refractivity contribution in [1.29, 1.82) is 0 Å². The molecule has 0 aromatic heterocycles. The van der Waals surface area contributed by atoms with Crippen molar-refractivity contribution in [3.63, 3.8) is 0 Å². The van der Waals surface area contributed by atoms with E-state index in [-0.39, 0.29) is 11.7 Å². The van der Waals surface area contributed by atoms with Gasteiger partial charge in [-0.25, -0.2) is 0 Å². The molecule has 0 bridgehead atoms. The highest BCUT2D eigenvalue weighted by Crippen LogP contribution is 2.11. The zero-order chi connectivity index (χ0) is 24.1. The van der Waals surface area contributed by atoms with E-state index in [1.54, 1.807) is 6.92 Å². The van der Waals surface area contributed by atoms with Crippen LogP contribution < -0.4 is 0 Å². The van der Waals surface area contributed by atoms with Crippen molar-refractivity contribution in [1.82, 2.24) is 0 Å². The van der Waals surface area contributed by atoms with Crippen molar-refractivity contribution in [3.05, 3.63) is 0 Å². The number of carbonyl (C=O) groups excluding carboxylic acids is 1. The fourth-order valence-corrected chi connectivity index (χ4v) is 3.48. The van der Waals surface area contributed by atoms with E-state index in [4.69, 9.17) is 33.5 Å². The highest BCUT2D eigenvalue weighted by molar-refractivity contribution is 8.13. The number of unbranched alkanes of at least 4 members (excludes halogenated alkanes) is 7. The molecule has 8 nitrogen and oxygen atoms in total. The van der Waals surface area contributed by atoms with Crippen LogP contribution in [0.15, 0.2) is 0 Å². The second-order valence-electron chi connectivity index (χ2n) is 7.57.